The third-order valence-corrected chi connectivity index (χ3v) is 3.46. The summed E-state index contributed by atoms with van der Waals surface area (Å²) in [6.07, 6.45) is 1.52. The van der Waals surface area contributed by atoms with E-state index >= 15 is 0 Å². The van der Waals surface area contributed by atoms with E-state index in [-0.39, 0.29) is 17.6 Å². The van der Waals surface area contributed by atoms with Crippen LogP contribution >= 0.6 is 0 Å². The largest absolute Gasteiger partial charge is 0.434 e. The van der Waals surface area contributed by atoms with Crippen LogP contribution in [0, 0.1) is 0 Å². The number of carbonyl (C=O) groups excluding carboxylic acids is 2. The van der Waals surface area contributed by atoms with E-state index in [0.29, 0.717) is 24.1 Å². The molecule has 5 heteroatoms. The van der Waals surface area contributed by atoms with Crippen molar-refractivity contribution >= 4 is 22.8 Å². The summed E-state index contributed by atoms with van der Waals surface area (Å²) < 4.78 is 5.47. The average Bonchev–Trinajstić information content (AvgIpc) is 3.04. The molecule has 0 unspecified atom stereocenters. The molecule has 5 nitrogen and oxygen atoms in total. The number of amides is 1. The number of fused-ring (bicyclic) bond motifs is 1. The molecule has 0 spiro atoms. The van der Waals surface area contributed by atoms with Crippen molar-refractivity contribution in [2.75, 3.05) is 6.54 Å². The molecule has 0 saturated carbocycles. The van der Waals surface area contributed by atoms with Crippen molar-refractivity contribution in [3.8, 4) is 0 Å². The van der Waals surface area contributed by atoms with Gasteiger partial charge < -0.3 is 9.32 Å². The zero-order chi connectivity index (χ0) is 13.4. The number of ketones is 1. The Morgan fingerprint density at radius 3 is 2.89 bits per heavy atom. The number of likely N-dealkylation sites (tertiary alicyclic amines) is 1. The van der Waals surface area contributed by atoms with E-state index in [9.17, 15) is 9.59 Å². The number of hydrogen-bond acceptors (Lipinski definition) is 4. The average molecular weight is 258 g/mol. The first-order valence-corrected chi connectivity index (χ1v) is 6.34. The molecule has 3 rings (SSSR count). The van der Waals surface area contributed by atoms with Crippen molar-refractivity contribution in [1.82, 2.24) is 9.88 Å². The Balaban J connectivity index is 1.93. The first-order valence-electron chi connectivity index (χ1n) is 6.34. The number of rotatable bonds is 2. The number of hydrogen-bond donors (Lipinski definition) is 0. The molecule has 1 aliphatic heterocycles. The molecule has 0 aliphatic carbocycles. The summed E-state index contributed by atoms with van der Waals surface area (Å²) in [5.74, 6) is -0.185. The SMILES string of the molecule is CC(=O)N1CCC[C@H]1C(=O)c1nc2ccccc2o1. The molecule has 1 aliphatic rings. The Morgan fingerprint density at radius 2 is 2.16 bits per heavy atom. The van der Waals surface area contributed by atoms with E-state index in [1.54, 1.807) is 17.0 Å². The van der Waals surface area contributed by atoms with Gasteiger partial charge in [0.1, 0.15) is 11.6 Å². The lowest BCUT2D eigenvalue weighted by Crippen LogP contribution is -2.39. The number of oxazole rings is 1. The minimum atomic E-state index is -0.425. The predicted octanol–water partition coefficient (Wildman–Crippen LogP) is 2.02. The highest BCUT2D eigenvalue weighted by Gasteiger charge is 2.35. The lowest BCUT2D eigenvalue weighted by atomic mass is 10.1. The molecule has 98 valence electrons. The van der Waals surface area contributed by atoms with Gasteiger partial charge in [0, 0.05) is 13.5 Å². The van der Waals surface area contributed by atoms with Crippen LogP contribution in [0.2, 0.25) is 0 Å². The summed E-state index contributed by atoms with van der Waals surface area (Å²) in [5, 5.41) is 0. The topological polar surface area (TPSA) is 63.4 Å². The van der Waals surface area contributed by atoms with E-state index in [1.807, 2.05) is 12.1 Å². The number of Topliss-reactive ketones (excluding diaryl/α,β-unsaturated/α-hetero) is 1. The summed E-state index contributed by atoms with van der Waals surface area (Å²) in [6.45, 7) is 2.11. The van der Waals surface area contributed by atoms with Gasteiger partial charge in [-0.15, -0.1) is 0 Å². The fourth-order valence-electron chi connectivity index (χ4n) is 2.54. The second kappa shape index (κ2) is 4.50. The summed E-state index contributed by atoms with van der Waals surface area (Å²) in [4.78, 5) is 29.7. The van der Waals surface area contributed by atoms with E-state index in [2.05, 4.69) is 4.98 Å². The molecule has 1 aromatic carbocycles. The molecule has 1 amide bonds. The molecular formula is C14H14N2O3. The lowest BCUT2D eigenvalue weighted by molar-refractivity contribution is -0.129. The standard InChI is InChI=1S/C14H14N2O3/c1-9(17)16-8-4-6-11(16)13(18)14-15-10-5-2-3-7-12(10)19-14/h2-3,5,7,11H,4,6,8H2,1H3/t11-/m0/s1. The second-order valence-electron chi connectivity index (χ2n) is 4.72. The Labute approximate surface area is 110 Å². The smallest absolute Gasteiger partial charge is 0.266 e. The van der Waals surface area contributed by atoms with Gasteiger partial charge in [-0.2, -0.15) is 0 Å². The van der Waals surface area contributed by atoms with Crippen LogP contribution in [0.1, 0.15) is 30.5 Å². The van der Waals surface area contributed by atoms with Crippen LogP contribution < -0.4 is 0 Å². The zero-order valence-corrected chi connectivity index (χ0v) is 10.6. The zero-order valence-electron chi connectivity index (χ0n) is 10.6. The number of nitrogens with zero attached hydrogens (tertiary/aromatic N) is 2. The summed E-state index contributed by atoms with van der Waals surface area (Å²) in [5.41, 5.74) is 1.26. The number of benzene rings is 1. The van der Waals surface area contributed by atoms with Crippen LogP contribution in [-0.4, -0.2) is 34.2 Å². The Bertz CT molecular complexity index is 614. The maximum Gasteiger partial charge on any atom is 0.266 e. The van der Waals surface area contributed by atoms with E-state index in [0.717, 1.165) is 6.42 Å². The maximum absolute atomic E-state index is 12.4. The summed E-state index contributed by atoms with van der Waals surface area (Å²) in [7, 11) is 0. The second-order valence-corrected chi connectivity index (χ2v) is 4.72. The van der Waals surface area contributed by atoms with Crippen molar-refractivity contribution in [2.45, 2.75) is 25.8 Å². The first-order chi connectivity index (χ1) is 9.16. The van der Waals surface area contributed by atoms with Crippen LogP contribution in [0.5, 0.6) is 0 Å². The van der Waals surface area contributed by atoms with Gasteiger partial charge in [0.05, 0.1) is 0 Å². The van der Waals surface area contributed by atoms with Gasteiger partial charge in [-0.3, -0.25) is 9.59 Å². The van der Waals surface area contributed by atoms with Gasteiger partial charge in [0.2, 0.25) is 11.7 Å². The minimum absolute atomic E-state index is 0.0769. The number of para-hydroxylation sites is 2. The highest BCUT2D eigenvalue weighted by atomic mass is 16.4. The number of aromatic nitrogens is 1. The van der Waals surface area contributed by atoms with Crippen molar-refractivity contribution < 1.29 is 14.0 Å². The normalized spacial score (nSPS) is 19.0. The predicted molar refractivity (Wildman–Crippen MR) is 68.7 cm³/mol. The third kappa shape index (κ3) is 2.01. The monoisotopic (exact) mass is 258 g/mol. The quantitative estimate of drug-likeness (QED) is 0.773. The van der Waals surface area contributed by atoms with Crippen molar-refractivity contribution in [1.29, 1.82) is 0 Å². The lowest BCUT2D eigenvalue weighted by Gasteiger charge is -2.20. The molecule has 2 aromatic rings. The fourth-order valence-corrected chi connectivity index (χ4v) is 2.54. The molecule has 0 N–H and O–H groups in total. The van der Waals surface area contributed by atoms with Crippen LogP contribution in [0.25, 0.3) is 11.1 Å². The molecule has 1 saturated heterocycles. The van der Waals surface area contributed by atoms with E-state index in [4.69, 9.17) is 4.42 Å². The van der Waals surface area contributed by atoms with Gasteiger partial charge >= 0.3 is 0 Å². The van der Waals surface area contributed by atoms with Crippen molar-refractivity contribution in [3.63, 3.8) is 0 Å². The highest BCUT2D eigenvalue weighted by molar-refractivity contribution is 6.00. The van der Waals surface area contributed by atoms with E-state index < -0.39 is 6.04 Å². The number of carbonyl (C=O) groups is 2. The fraction of sp³-hybridized carbons (Fsp3) is 0.357. The Kier molecular flexibility index (Phi) is 2.81. The van der Waals surface area contributed by atoms with Gasteiger partial charge in [-0.1, -0.05) is 12.1 Å². The molecular weight excluding hydrogens is 244 g/mol. The van der Waals surface area contributed by atoms with Crippen molar-refractivity contribution in [3.05, 3.63) is 30.2 Å². The maximum atomic E-state index is 12.4. The van der Waals surface area contributed by atoms with Gasteiger partial charge in [0.25, 0.3) is 5.89 Å². The highest BCUT2D eigenvalue weighted by Crippen LogP contribution is 2.23. The first kappa shape index (κ1) is 11.9. The minimum Gasteiger partial charge on any atom is -0.434 e. The van der Waals surface area contributed by atoms with E-state index in [1.165, 1.54) is 6.92 Å². The van der Waals surface area contributed by atoms with Gasteiger partial charge in [0.15, 0.2) is 5.58 Å². The molecule has 1 atom stereocenters. The van der Waals surface area contributed by atoms with Crippen LogP contribution in [0.15, 0.2) is 28.7 Å². The van der Waals surface area contributed by atoms with Crippen LogP contribution in [0.4, 0.5) is 0 Å². The summed E-state index contributed by atoms with van der Waals surface area (Å²) >= 11 is 0. The molecule has 0 bridgehead atoms. The molecule has 19 heavy (non-hydrogen) atoms. The summed E-state index contributed by atoms with van der Waals surface area (Å²) in [6, 6.07) is 6.82. The molecule has 1 fully saturated rings. The van der Waals surface area contributed by atoms with Crippen LogP contribution in [0.3, 0.4) is 0 Å². The Morgan fingerprint density at radius 1 is 1.37 bits per heavy atom. The van der Waals surface area contributed by atoms with Crippen LogP contribution in [-0.2, 0) is 4.79 Å². The third-order valence-electron chi connectivity index (χ3n) is 3.46. The van der Waals surface area contributed by atoms with Gasteiger partial charge in [-0.25, -0.2) is 4.98 Å². The van der Waals surface area contributed by atoms with Gasteiger partial charge in [-0.05, 0) is 25.0 Å². The molecule has 0 radical (unpaired) electrons. The van der Waals surface area contributed by atoms with Crippen molar-refractivity contribution in [2.24, 2.45) is 0 Å². The Hall–Kier alpha value is -2.17. The molecule has 2 heterocycles. The molecule has 1 aromatic heterocycles.